The molecule has 4 rings (SSSR count). The Labute approximate surface area is 343 Å². The van der Waals surface area contributed by atoms with Gasteiger partial charge in [-0.05, 0) is 141 Å². The minimum atomic E-state index is -0.722. The molecule has 10 nitrogen and oxygen atoms in total. The van der Waals surface area contributed by atoms with E-state index < -0.39 is 28.4 Å². The SMILES string of the molecule is C=C1CC[C@H](OCCCNC(=O)C(C)(C)COCCC(C)(C)NC(=O)CCN2C(=O)C=CC2=O)C/C1=C/C=C1\CCC[C@]2(C)C([C@H](C)CCCC(C)(C)O)CC[C@@H]12. The monoisotopic (exact) mass is 794 g/mol. The fourth-order valence-corrected chi connectivity index (χ4v) is 9.65. The molecule has 1 aliphatic heterocycles. The van der Waals surface area contributed by atoms with Crippen molar-refractivity contribution in [2.24, 2.45) is 28.6 Å². The van der Waals surface area contributed by atoms with E-state index in [2.05, 4.69) is 43.2 Å². The molecule has 0 spiro atoms. The average Bonchev–Trinajstić information content (AvgIpc) is 3.65. The first kappa shape index (κ1) is 46.6. The van der Waals surface area contributed by atoms with Crippen LogP contribution in [0.4, 0.5) is 0 Å². The third-order valence-electron chi connectivity index (χ3n) is 13.2. The van der Waals surface area contributed by atoms with Crippen molar-refractivity contribution in [2.45, 2.75) is 163 Å². The van der Waals surface area contributed by atoms with Crippen LogP contribution in [0.15, 0.2) is 47.6 Å². The summed E-state index contributed by atoms with van der Waals surface area (Å²) in [6, 6.07) is 0. The Kier molecular flexibility index (Phi) is 16.6. The molecule has 0 aromatic heterocycles. The topological polar surface area (TPSA) is 134 Å². The average molecular weight is 794 g/mol. The first-order chi connectivity index (χ1) is 26.7. The van der Waals surface area contributed by atoms with Crippen LogP contribution in [0.5, 0.6) is 0 Å². The van der Waals surface area contributed by atoms with E-state index in [4.69, 9.17) is 9.47 Å². The summed E-state index contributed by atoms with van der Waals surface area (Å²) in [5, 5.41) is 16.2. The van der Waals surface area contributed by atoms with E-state index in [-0.39, 0.29) is 37.5 Å². The Morgan fingerprint density at radius 2 is 1.74 bits per heavy atom. The highest BCUT2D eigenvalue weighted by molar-refractivity contribution is 6.13. The van der Waals surface area contributed by atoms with Gasteiger partial charge in [0.1, 0.15) is 0 Å². The summed E-state index contributed by atoms with van der Waals surface area (Å²) in [5.41, 5.74) is 2.67. The van der Waals surface area contributed by atoms with Crippen LogP contribution in [-0.4, -0.2) is 83.8 Å². The highest BCUT2D eigenvalue weighted by Crippen LogP contribution is 2.60. The summed E-state index contributed by atoms with van der Waals surface area (Å²) in [6.45, 7) is 22.5. The number of hydrogen-bond acceptors (Lipinski definition) is 7. The number of aliphatic hydroxyl groups is 1. The largest absolute Gasteiger partial charge is 0.390 e. The fourth-order valence-electron chi connectivity index (χ4n) is 9.65. The molecular formula is C47H75N3O7. The zero-order valence-corrected chi connectivity index (χ0v) is 36.6. The van der Waals surface area contributed by atoms with E-state index in [1.807, 2.05) is 41.5 Å². The smallest absolute Gasteiger partial charge is 0.253 e. The molecule has 4 amide bonds. The highest BCUT2D eigenvalue weighted by Gasteiger charge is 2.50. The van der Waals surface area contributed by atoms with Crippen LogP contribution in [0.1, 0.15) is 145 Å². The molecule has 1 unspecified atom stereocenters. The third kappa shape index (κ3) is 13.7. The van der Waals surface area contributed by atoms with Gasteiger partial charge in [0.15, 0.2) is 0 Å². The molecule has 0 aromatic rings. The number of nitrogens with one attached hydrogen (secondary N) is 2. The maximum atomic E-state index is 13.0. The Bertz CT molecular complexity index is 1520. The van der Waals surface area contributed by atoms with Gasteiger partial charge in [-0.2, -0.15) is 0 Å². The molecular weight excluding hydrogens is 719 g/mol. The summed E-state index contributed by atoms with van der Waals surface area (Å²) in [5.74, 6) is 0.968. The van der Waals surface area contributed by atoms with Crippen molar-refractivity contribution in [1.29, 1.82) is 0 Å². The molecule has 5 atom stereocenters. The van der Waals surface area contributed by atoms with Gasteiger partial charge in [-0.15, -0.1) is 0 Å². The second kappa shape index (κ2) is 20.3. The van der Waals surface area contributed by atoms with Gasteiger partial charge in [0, 0.05) is 50.4 Å². The van der Waals surface area contributed by atoms with E-state index in [1.165, 1.54) is 61.8 Å². The molecule has 0 radical (unpaired) electrons. The van der Waals surface area contributed by atoms with Gasteiger partial charge in [-0.3, -0.25) is 24.1 Å². The standard InChI is InChI=1S/C47H75N3O7/c1-33-15-18-37(31-36(33)17-16-35-14-11-25-47(9)38(19-20-39(35)47)34(2)13-10-24-46(7,8)55)57-29-12-27-48-43(54)44(3,4)32-56-30-26-45(5,6)49-40(51)23-28-50-41(52)21-22-42(50)53/h16-17,21-22,34,37-39,55H,1,10-15,18-20,23-32H2,2-9H3,(H,48,54)(H,49,51)/b35-16+,36-17-/t34-,37+,38?,39+,47-/m1/s1. The van der Waals surface area contributed by atoms with Crippen LogP contribution < -0.4 is 10.6 Å². The van der Waals surface area contributed by atoms with Crippen molar-refractivity contribution in [3.8, 4) is 0 Å². The number of fused-ring (bicyclic) bond motifs is 1. The Morgan fingerprint density at radius 3 is 2.44 bits per heavy atom. The van der Waals surface area contributed by atoms with Crippen molar-refractivity contribution in [3.63, 3.8) is 0 Å². The minimum Gasteiger partial charge on any atom is -0.390 e. The van der Waals surface area contributed by atoms with E-state index in [0.29, 0.717) is 43.4 Å². The number of nitrogens with zero attached hydrogens (tertiary/aromatic N) is 1. The quantitative estimate of drug-likeness (QED) is 0.0795. The molecule has 1 heterocycles. The minimum absolute atomic E-state index is 0.0302. The summed E-state index contributed by atoms with van der Waals surface area (Å²) >= 11 is 0. The molecule has 3 aliphatic carbocycles. The molecule has 10 heteroatoms. The summed E-state index contributed by atoms with van der Waals surface area (Å²) in [7, 11) is 0. The lowest BCUT2D eigenvalue weighted by atomic mass is 9.60. The van der Waals surface area contributed by atoms with Crippen LogP contribution >= 0.6 is 0 Å². The predicted octanol–water partition coefficient (Wildman–Crippen LogP) is 7.91. The Balaban J connectivity index is 1.13. The predicted molar refractivity (Wildman–Crippen MR) is 226 cm³/mol. The third-order valence-corrected chi connectivity index (χ3v) is 13.2. The number of hydrogen-bond donors (Lipinski definition) is 3. The summed E-state index contributed by atoms with van der Waals surface area (Å²) < 4.78 is 12.2. The van der Waals surface area contributed by atoms with Crippen LogP contribution in [0.25, 0.3) is 0 Å². The Morgan fingerprint density at radius 1 is 1.02 bits per heavy atom. The number of imide groups is 1. The van der Waals surface area contributed by atoms with Crippen molar-refractivity contribution >= 4 is 23.6 Å². The molecule has 320 valence electrons. The van der Waals surface area contributed by atoms with Crippen molar-refractivity contribution in [1.82, 2.24) is 15.5 Å². The zero-order valence-electron chi connectivity index (χ0n) is 36.6. The van der Waals surface area contributed by atoms with E-state index in [0.717, 1.165) is 49.3 Å². The first-order valence-electron chi connectivity index (χ1n) is 21.8. The van der Waals surface area contributed by atoms with Crippen molar-refractivity contribution in [2.75, 3.05) is 32.9 Å². The van der Waals surface area contributed by atoms with Gasteiger partial charge in [0.2, 0.25) is 11.8 Å². The van der Waals surface area contributed by atoms with E-state index in [1.54, 1.807) is 5.57 Å². The van der Waals surface area contributed by atoms with Crippen molar-refractivity contribution < 1.29 is 33.8 Å². The number of carbonyl (C=O) groups excluding carboxylic acids is 4. The molecule has 0 bridgehead atoms. The Hall–Kier alpha value is -3.08. The van der Waals surface area contributed by atoms with Crippen LogP contribution in [0.2, 0.25) is 0 Å². The summed E-state index contributed by atoms with van der Waals surface area (Å²) in [6.07, 6.45) is 21.0. The number of ether oxygens (including phenoxy) is 2. The van der Waals surface area contributed by atoms with Gasteiger partial charge in [0.25, 0.3) is 11.8 Å². The summed E-state index contributed by atoms with van der Waals surface area (Å²) in [4.78, 5) is 50.0. The lowest BCUT2D eigenvalue weighted by Crippen LogP contribution is -2.46. The molecule has 3 saturated carbocycles. The van der Waals surface area contributed by atoms with E-state index in [9.17, 15) is 24.3 Å². The molecule has 0 aromatic carbocycles. The number of carbonyl (C=O) groups is 4. The van der Waals surface area contributed by atoms with Gasteiger partial charge < -0.3 is 25.2 Å². The van der Waals surface area contributed by atoms with Crippen LogP contribution in [-0.2, 0) is 28.7 Å². The molecule has 4 aliphatic rings. The van der Waals surface area contributed by atoms with Crippen LogP contribution in [0, 0.1) is 28.6 Å². The molecule has 3 N–H and O–H groups in total. The molecule has 0 saturated heterocycles. The lowest BCUT2D eigenvalue weighted by Gasteiger charge is -2.44. The van der Waals surface area contributed by atoms with Gasteiger partial charge in [-0.1, -0.05) is 56.6 Å². The normalized spacial score (nSPS) is 26.4. The fraction of sp³-hybridized carbons (Fsp3) is 0.745. The number of rotatable bonds is 21. The molecule has 3 fully saturated rings. The molecule has 57 heavy (non-hydrogen) atoms. The van der Waals surface area contributed by atoms with Gasteiger partial charge in [0.05, 0.1) is 23.7 Å². The lowest BCUT2D eigenvalue weighted by molar-refractivity contribution is -0.137. The number of amides is 4. The van der Waals surface area contributed by atoms with Crippen molar-refractivity contribution in [3.05, 3.63) is 47.6 Å². The van der Waals surface area contributed by atoms with E-state index >= 15 is 0 Å². The second-order valence-corrected chi connectivity index (χ2v) is 19.7. The van der Waals surface area contributed by atoms with Crippen LogP contribution in [0.3, 0.4) is 0 Å². The maximum absolute atomic E-state index is 13.0. The zero-order chi connectivity index (χ0) is 42.0. The van der Waals surface area contributed by atoms with Gasteiger partial charge in [-0.25, -0.2) is 0 Å². The highest BCUT2D eigenvalue weighted by atomic mass is 16.5. The number of allylic oxidation sites excluding steroid dienone is 4. The second-order valence-electron chi connectivity index (χ2n) is 19.7. The van der Waals surface area contributed by atoms with Gasteiger partial charge >= 0.3 is 0 Å². The first-order valence-corrected chi connectivity index (χ1v) is 21.8. The maximum Gasteiger partial charge on any atom is 0.253 e.